The maximum Gasteiger partial charge on any atom is 0.334 e. The molecule has 1 unspecified atom stereocenters. The molecular formula is C32H35N6O2+. The van der Waals surface area contributed by atoms with Gasteiger partial charge < -0.3 is 9.47 Å². The Morgan fingerprint density at radius 2 is 1.88 bits per heavy atom. The fraction of sp³-hybridized carbons (Fsp3) is 0.312. The lowest BCUT2D eigenvalue weighted by Gasteiger charge is -2.39. The molecule has 1 aliphatic heterocycles. The highest BCUT2D eigenvalue weighted by Crippen LogP contribution is 2.18. The molecule has 3 aromatic rings. The van der Waals surface area contributed by atoms with Gasteiger partial charge in [0.05, 0.1) is 24.5 Å². The first kappa shape index (κ1) is 27.3. The number of nitrogens with zero attached hydrogens (tertiary/aromatic N) is 5. The summed E-state index contributed by atoms with van der Waals surface area (Å²) in [6.07, 6.45) is 12.9. The van der Waals surface area contributed by atoms with Crippen molar-refractivity contribution >= 4 is 11.8 Å². The van der Waals surface area contributed by atoms with Gasteiger partial charge in [-0.05, 0) is 42.7 Å². The predicted octanol–water partition coefficient (Wildman–Crippen LogP) is 2.54. The standard InChI is InChI=1S/C32H34N6O2/c33-19-25-11-13-27(14-12-25)22-37-24-34-20-29(37)15-16-35-31(39)30-23-36(21-26-7-3-1-4-8-26)17-18-38(30)32(40)28-9-5-2-6-10-28/h1-3,5-7,9-14,20,24,30H,4,8,15-18,21-23H2,(H,35,39)/p+1. The Hall–Kier alpha value is -4.32. The highest BCUT2D eigenvalue weighted by Gasteiger charge is 2.38. The van der Waals surface area contributed by atoms with E-state index in [9.17, 15) is 9.59 Å². The zero-order chi connectivity index (χ0) is 27.7. The largest absolute Gasteiger partial charge is 0.334 e. The number of allylic oxidation sites excluding steroid dienone is 3. The van der Waals surface area contributed by atoms with Gasteiger partial charge in [0, 0.05) is 56.6 Å². The Kier molecular flexibility index (Phi) is 8.96. The molecular weight excluding hydrogens is 500 g/mol. The fourth-order valence-corrected chi connectivity index (χ4v) is 5.37. The van der Waals surface area contributed by atoms with E-state index >= 15 is 0 Å². The first-order chi connectivity index (χ1) is 19.6. The molecule has 8 nitrogen and oxygen atoms in total. The van der Waals surface area contributed by atoms with Crippen LogP contribution in [0.15, 0.2) is 90.9 Å². The number of hydrogen-bond acceptors (Lipinski definition) is 5. The Morgan fingerprint density at radius 3 is 2.62 bits per heavy atom. The molecule has 0 radical (unpaired) electrons. The molecule has 40 heavy (non-hydrogen) atoms. The van der Waals surface area contributed by atoms with E-state index in [0.29, 0.717) is 43.7 Å². The number of hydrogen-bond donors (Lipinski definition) is 1. The quantitative estimate of drug-likeness (QED) is 0.454. The molecule has 8 heteroatoms. The van der Waals surface area contributed by atoms with Gasteiger partial charge in [-0.15, -0.1) is 0 Å². The van der Waals surface area contributed by atoms with Crippen molar-refractivity contribution in [1.29, 1.82) is 5.26 Å². The molecule has 0 spiro atoms. The summed E-state index contributed by atoms with van der Waals surface area (Å²) in [4.78, 5) is 35.4. The van der Waals surface area contributed by atoms with E-state index in [1.165, 1.54) is 5.57 Å². The lowest BCUT2D eigenvalue weighted by molar-refractivity contribution is -0.570. The van der Waals surface area contributed by atoms with Gasteiger partial charge in [0.2, 0.25) is 0 Å². The van der Waals surface area contributed by atoms with Crippen LogP contribution < -0.4 is 5.32 Å². The second-order valence-corrected chi connectivity index (χ2v) is 10.4. The summed E-state index contributed by atoms with van der Waals surface area (Å²) in [5.41, 5.74) is 4.74. The van der Waals surface area contributed by atoms with Gasteiger partial charge in [0.25, 0.3) is 5.91 Å². The number of piperazine rings is 1. The number of nitriles is 1. The minimum Gasteiger partial charge on any atom is -0.330 e. The molecule has 2 aliphatic rings. The molecule has 0 saturated carbocycles. The summed E-state index contributed by atoms with van der Waals surface area (Å²) < 4.78 is 2.07. The molecule has 1 fully saturated rings. The second-order valence-electron chi connectivity index (χ2n) is 10.4. The molecule has 204 valence electrons. The van der Waals surface area contributed by atoms with Crippen molar-refractivity contribution < 1.29 is 14.9 Å². The Bertz CT molecular complexity index is 1420. The van der Waals surface area contributed by atoms with Crippen molar-refractivity contribution in [3.05, 3.63) is 113 Å². The van der Waals surface area contributed by atoms with Crippen LogP contribution in [0, 0.1) is 11.3 Å². The molecule has 1 aromatic heterocycles. The first-order valence-corrected chi connectivity index (χ1v) is 13.9. The average Bonchev–Trinajstić information content (AvgIpc) is 3.44. The number of primary amides is 1. The number of nitrogens with two attached hydrogens (primary N) is 1. The summed E-state index contributed by atoms with van der Waals surface area (Å²) in [6.45, 7) is 3.85. The number of aromatic nitrogens is 2. The summed E-state index contributed by atoms with van der Waals surface area (Å²) in [5.74, 6) is -0.100. The van der Waals surface area contributed by atoms with Crippen molar-refractivity contribution in [2.45, 2.75) is 31.8 Å². The van der Waals surface area contributed by atoms with Crippen molar-refractivity contribution in [3.63, 3.8) is 0 Å². The molecule has 1 atom stereocenters. The third kappa shape index (κ3) is 6.81. The summed E-state index contributed by atoms with van der Waals surface area (Å²) >= 11 is 0. The number of imidazole rings is 1. The second kappa shape index (κ2) is 13.2. The van der Waals surface area contributed by atoms with Crippen molar-refractivity contribution in [3.8, 4) is 6.07 Å². The monoisotopic (exact) mass is 535 g/mol. The summed E-state index contributed by atoms with van der Waals surface area (Å²) in [6, 6.07) is 18.4. The van der Waals surface area contributed by atoms with Crippen LogP contribution in [0.4, 0.5) is 0 Å². The smallest absolute Gasteiger partial charge is 0.330 e. The normalized spacial score (nSPS) is 17.3. The predicted molar refractivity (Wildman–Crippen MR) is 152 cm³/mol. The number of rotatable bonds is 9. The molecule has 0 bridgehead atoms. The Labute approximate surface area is 235 Å². The van der Waals surface area contributed by atoms with Crippen LogP contribution in [0.5, 0.6) is 0 Å². The van der Waals surface area contributed by atoms with Crippen molar-refractivity contribution in [2.24, 2.45) is 0 Å². The molecule has 1 aliphatic carbocycles. The van der Waals surface area contributed by atoms with Crippen LogP contribution in [0.2, 0.25) is 0 Å². The number of amides is 2. The van der Waals surface area contributed by atoms with Gasteiger partial charge in [-0.3, -0.25) is 15.0 Å². The highest BCUT2D eigenvalue weighted by atomic mass is 16.2. The van der Waals surface area contributed by atoms with Gasteiger partial charge in [-0.25, -0.2) is 9.78 Å². The average molecular weight is 536 g/mol. The molecule has 2 heterocycles. The van der Waals surface area contributed by atoms with Gasteiger partial charge in [0.15, 0.2) is 6.04 Å². The molecule has 2 aromatic carbocycles. The van der Waals surface area contributed by atoms with E-state index in [0.717, 1.165) is 37.2 Å². The van der Waals surface area contributed by atoms with E-state index in [1.54, 1.807) is 16.5 Å². The van der Waals surface area contributed by atoms with Crippen LogP contribution in [-0.2, 0) is 17.8 Å². The zero-order valence-electron chi connectivity index (χ0n) is 22.7. The van der Waals surface area contributed by atoms with Crippen LogP contribution in [-0.4, -0.2) is 69.9 Å². The zero-order valence-corrected chi connectivity index (χ0v) is 22.7. The van der Waals surface area contributed by atoms with Crippen molar-refractivity contribution in [2.75, 3.05) is 32.7 Å². The number of quaternary nitrogens is 1. The topological polar surface area (TPSA) is 98.8 Å². The first-order valence-electron chi connectivity index (χ1n) is 13.9. The number of benzene rings is 2. The van der Waals surface area contributed by atoms with E-state index in [4.69, 9.17) is 5.26 Å². The molecule has 5 rings (SSSR count). The van der Waals surface area contributed by atoms with E-state index in [1.807, 2.05) is 60.8 Å². The maximum absolute atomic E-state index is 13.6. The minimum atomic E-state index is -0.509. The molecule has 1 saturated heterocycles. The van der Waals surface area contributed by atoms with Crippen molar-refractivity contribution in [1.82, 2.24) is 19.4 Å². The van der Waals surface area contributed by atoms with Crippen LogP contribution in [0.1, 0.15) is 40.0 Å². The summed E-state index contributed by atoms with van der Waals surface area (Å²) in [7, 11) is 0. The minimum absolute atomic E-state index is 0.00958. The van der Waals surface area contributed by atoms with Gasteiger partial charge in [-0.1, -0.05) is 54.1 Å². The molecule has 2 amide bonds. The summed E-state index contributed by atoms with van der Waals surface area (Å²) in [5, 5.41) is 10.8. The van der Waals surface area contributed by atoms with E-state index < -0.39 is 6.04 Å². The van der Waals surface area contributed by atoms with Gasteiger partial charge >= 0.3 is 5.91 Å². The van der Waals surface area contributed by atoms with Crippen LogP contribution in [0.25, 0.3) is 0 Å². The van der Waals surface area contributed by atoms with E-state index in [2.05, 4.69) is 38.7 Å². The lowest BCUT2D eigenvalue weighted by atomic mass is 10.0. The van der Waals surface area contributed by atoms with Crippen LogP contribution in [0.3, 0.4) is 0 Å². The third-order valence-corrected chi connectivity index (χ3v) is 7.58. The Morgan fingerprint density at radius 1 is 1.05 bits per heavy atom. The fourth-order valence-electron chi connectivity index (χ4n) is 5.37. The Balaban J connectivity index is 1.23. The van der Waals surface area contributed by atoms with Gasteiger partial charge in [-0.2, -0.15) is 5.26 Å². The van der Waals surface area contributed by atoms with E-state index in [-0.39, 0.29) is 11.8 Å². The molecule has 2 N–H and O–H groups in total. The van der Waals surface area contributed by atoms with Gasteiger partial charge in [0.1, 0.15) is 0 Å². The maximum atomic E-state index is 13.6. The van der Waals surface area contributed by atoms with Crippen LogP contribution >= 0.6 is 0 Å². The number of carbonyl (C=O) groups excluding carboxylic acids is 2. The SMILES string of the molecule is N#Cc1ccc(Cn2cncc2CC[NH2+]C(=O)C2CN(CC3=CC=CCC3)CCN2C(=O)c2ccccc2)cc1. The highest BCUT2D eigenvalue weighted by molar-refractivity contribution is 5.96. The lowest BCUT2D eigenvalue weighted by Crippen LogP contribution is -2.92. The number of carbonyl (C=O) groups is 2. The third-order valence-electron chi connectivity index (χ3n) is 7.58.